The molecular weight excluding hydrogens is 615 g/mol. The summed E-state index contributed by atoms with van der Waals surface area (Å²) in [6.07, 6.45) is 0.844. The monoisotopic (exact) mass is 657 g/mol. The summed E-state index contributed by atoms with van der Waals surface area (Å²) in [6.45, 7) is 6.31. The first kappa shape index (κ1) is 35.8. The molecule has 4 unspecified atom stereocenters. The van der Waals surface area contributed by atoms with Crippen molar-refractivity contribution in [2.75, 3.05) is 35.7 Å². The van der Waals surface area contributed by atoms with Gasteiger partial charge in [-0.05, 0) is 79.0 Å². The average Bonchev–Trinajstić information content (AvgIpc) is 3.35. The van der Waals surface area contributed by atoms with Crippen molar-refractivity contribution in [3.63, 3.8) is 0 Å². The third-order valence-electron chi connectivity index (χ3n) is 7.30. The first-order valence-electron chi connectivity index (χ1n) is 14.8. The molecule has 2 aromatic rings. The molecule has 1 aliphatic rings. The van der Waals surface area contributed by atoms with Crippen molar-refractivity contribution in [1.82, 2.24) is 15.5 Å². The molecule has 1 aliphatic heterocycles. The summed E-state index contributed by atoms with van der Waals surface area (Å²) in [5, 5.41) is 31.2. The number of nitrogens with zero attached hydrogens (tertiary/aromatic N) is 1. The molecule has 1 fully saturated rings. The molecule has 1 saturated heterocycles. The predicted octanol–water partition coefficient (Wildman–Crippen LogP) is 3.98. The second kappa shape index (κ2) is 16.6. The van der Waals surface area contributed by atoms with Crippen molar-refractivity contribution in [3.05, 3.63) is 60.2 Å². The molecule has 0 spiro atoms. The molecule has 2 aromatic carbocycles. The van der Waals surface area contributed by atoms with Crippen LogP contribution in [0.5, 0.6) is 0 Å². The standard InChI is InChI=1S/C32H43N5O6S2/c1-32(2,3)17-27(38)35-25(30(42)43)19-45-15-14-24(29(40)41)36-28(39)26-16-21(18-37(26)4)20-10-12-23(13-11-20)34-31(44)33-22-8-6-5-7-9-22/h5-13,21,24-26H,14-19H2,1-4H3,(H,35,38)(H,36,39)(H,40,41)(H,42,43)(H2,33,34,44). The number of carboxylic acids is 2. The van der Waals surface area contributed by atoms with E-state index in [1.165, 1.54) is 11.8 Å². The number of carbonyl (C=O) groups excluding carboxylic acids is 2. The van der Waals surface area contributed by atoms with Gasteiger partial charge in [-0.15, -0.1) is 0 Å². The van der Waals surface area contributed by atoms with Gasteiger partial charge in [-0.1, -0.05) is 51.1 Å². The van der Waals surface area contributed by atoms with Gasteiger partial charge in [-0.2, -0.15) is 11.8 Å². The van der Waals surface area contributed by atoms with Gasteiger partial charge >= 0.3 is 11.9 Å². The topological polar surface area (TPSA) is 160 Å². The summed E-state index contributed by atoms with van der Waals surface area (Å²) in [6, 6.07) is 14.8. The molecule has 45 heavy (non-hydrogen) atoms. The van der Waals surface area contributed by atoms with Gasteiger partial charge in [0, 0.05) is 30.1 Å². The molecule has 11 nitrogen and oxygen atoms in total. The molecule has 4 atom stereocenters. The van der Waals surface area contributed by atoms with Gasteiger partial charge in [0.15, 0.2) is 5.11 Å². The molecule has 2 amide bonds. The minimum absolute atomic E-state index is 0.0855. The number of hydrogen-bond donors (Lipinski definition) is 6. The smallest absolute Gasteiger partial charge is 0.327 e. The van der Waals surface area contributed by atoms with E-state index >= 15 is 0 Å². The summed E-state index contributed by atoms with van der Waals surface area (Å²) in [7, 11) is 1.85. The Kier molecular flexibility index (Phi) is 13.2. The molecule has 0 bridgehead atoms. The summed E-state index contributed by atoms with van der Waals surface area (Å²) >= 11 is 6.62. The van der Waals surface area contributed by atoms with Crippen molar-refractivity contribution in [3.8, 4) is 0 Å². The van der Waals surface area contributed by atoms with Crippen LogP contribution in [0.1, 0.15) is 51.5 Å². The Morgan fingerprint density at radius 2 is 1.53 bits per heavy atom. The number of carboxylic acid groups (broad SMARTS) is 2. The number of anilines is 2. The van der Waals surface area contributed by atoms with Crippen LogP contribution in [0.15, 0.2) is 54.6 Å². The molecule has 0 saturated carbocycles. The maximum atomic E-state index is 13.2. The van der Waals surface area contributed by atoms with E-state index < -0.39 is 30.1 Å². The van der Waals surface area contributed by atoms with Crippen LogP contribution in [0, 0.1) is 5.41 Å². The lowest BCUT2D eigenvalue weighted by Gasteiger charge is -2.22. The van der Waals surface area contributed by atoms with Crippen molar-refractivity contribution in [1.29, 1.82) is 0 Å². The van der Waals surface area contributed by atoms with Gasteiger partial charge in [0.05, 0.1) is 6.04 Å². The minimum Gasteiger partial charge on any atom is -0.480 e. The lowest BCUT2D eigenvalue weighted by atomic mass is 9.92. The molecule has 13 heteroatoms. The average molecular weight is 658 g/mol. The van der Waals surface area contributed by atoms with Crippen LogP contribution in [0.25, 0.3) is 0 Å². The van der Waals surface area contributed by atoms with Gasteiger partial charge in [-0.25, -0.2) is 9.59 Å². The van der Waals surface area contributed by atoms with Crippen molar-refractivity contribution in [2.45, 2.75) is 64.1 Å². The number of aliphatic carboxylic acids is 2. The van der Waals surface area contributed by atoms with E-state index in [1.54, 1.807) is 0 Å². The molecule has 0 aliphatic carbocycles. The summed E-state index contributed by atoms with van der Waals surface area (Å²) in [5.74, 6) is -2.54. The Labute approximate surface area is 273 Å². The highest BCUT2D eigenvalue weighted by Crippen LogP contribution is 2.31. The normalized spacial score (nSPS) is 18.0. The number of likely N-dealkylation sites (tertiary alicyclic amines) is 1. The minimum atomic E-state index is -1.16. The number of rotatable bonds is 14. The Morgan fingerprint density at radius 1 is 0.933 bits per heavy atom. The van der Waals surface area contributed by atoms with Gasteiger partial charge in [-0.3, -0.25) is 14.5 Å². The molecule has 0 aromatic heterocycles. The molecule has 1 heterocycles. The number of nitrogens with one attached hydrogen (secondary N) is 4. The van der Waals surface area contributed by atoms with E-state index in [-0.39, 0.29) is 41.7 Å². The number of thiocarbonyl (C=S) groups is 1. The second-order valence-electron chi connectivity index (χ2n) is 12.4. The van der Waals surface area contributed by atoms with Crippen LogP contribution in [-0.4, -0.2) is 87.2 Å². The van der Waals surface area contributed by atoms with Gasteiger partial charge < -0.3 is 31.5 Å². The first-order valence-corrected chi connectivity index (χ1v) is 16.3. The highest BCUT2D eigenvalue weighted by atomic mass is 32.2. The number of amides is 2. The SMILES string of the molecule is CN1CC(c2ccc(NC(=S)Nc3ccccc3)cc2)CC1C(=O)NC(CCSCC(NC(=O)CC(C)(C)C)C(=O)O)C(=O)O. The molecule has 3 rings (SSSR count). The number of para-hydroxylation sites is 1. The molecule has 244 valence electrons. The first-order chi connectivity index (χ1) is 21.2. The van der Waals surface area contributed by atoms with Crippen LogP contribution in [-0.2, 0) is 19.2 Å². The zero-order valence-electron chi connectivity index (χ0n) is 26.0. The van der Waals surface area contributed by atoms with E-state index in [2.05, 4.69) is 21.3 Å². The maximum Gasteiger partial charge on any atom is 0.327 e. The third kappa shape index (κ3) is 12.0. The zero-order chi connectivity index (χ0) is 33.1. The molecule has 6 N–H and O–H groups in total. The molecule has 0 radical (unpaired) electrons. The van der Waals surface area contributed by atoms with E-state index in [4.69, 9.17) is 12.2 Å². The van der Waals surface area contributed by atoms with Gasteiger partial charge in [0.2, 0.25) is 11.8 Å². The predicted molar refractivity (Wildman–Crippen MR) is 182 cm³/mol. The number of likely N-dealkylation sites (N-methyl/N-ethyl adjacent to an activating group) is 1. The van der Waals surface area contributed by atoms with E-state index in [1.807, 2.05) is 87.3 Å². The fraction of sp³-hybridized carbons (Fsp3) is 0.469. The third-order valence-corrected chi connectivity index (χ3v) is 8.59. The number of benzene rings is 2. The summed E-state index contributed by atoms with van der Waals surface area (Å²) < 4.78 is 0. The van der Waals surface area contributed by atoms with Gasteiger partial charge in [0.25, 0.3) is 0 Å². The fourth-order valence-corrected chi connectivity index (χ4v) is 6.30. The van der Waals surface area contributed by atoms with Crippen molar-refractivity contribution >= 4 is 64.2 Å². The van der Waals surface area contributed by atoms with E-state index in [9.17, 15) is 29.4 Å². The largest absolute Gasteiger partial charge is 0.480 e. The number of hydrogen-bond acceptors (Lipinski definition) is 7. The lowest BCUT2D eigenvalue weighted by molar-refractivity contribution is -0.142. The molecular formula is C32H43N5O6S2. The number of thioether (sulfide) groups is 1. The Balaban J connectivity index is 1.47. The fourth-order valence-electron chi connectivity index (χ4n) is 5.03. The van der Waals surface area contributed by atoms with Crippen LogP contribution < -0.4 is 21.3 Å². The highest BCUT2D eigenvalue weighted by molar-refractivity contribution is 7.99. The van der Waals surface area contributed by atoms with Gasteiger partial charge in [0.1, 0.15) is 12.1 Å². The van der Waals surface area contributed by atoms with Crippen molar-refractivity contribution < 1.29 is 29.4 Å². The zero-order valence-corrected chi connectivity index (χ0v) is 27.7. The second-order valence-corrected chi connectivity index (χ2v) is 14.0. The summed E-state index contributed by atoms with van der Waals surface area (Å²) in [5.41, 5.74) is 2.51. The van der Waals surface area contributed by atoms with E-state index in [0.29, 0.717) is 23.8 Å². The van der Waals surface area contributed by atoms with Crippen LogP contribution in [0.3, 0.4) is 0 Å². The highest BCUT2D eigenvalue weighted by Gasteiger charge is 2.36. The van der Waals surface area contributed by atoms with Crippen LogP contribution >= 0.6 is 24.0 Å². The lowest BCUT2D eigenvalue weighted by Crippen LogP contribution is -2.48. The van der Waals surface area contributed by atoms with E-state index in [0.717, 1.165) is 16.9 Å². The maximum absolute atomic E-state index is 13.2. The summed E-state index contributed by atoms with van der Waals surface area (Å²) in [4.78, 5) is 50.8. The van der Waals surface area contributed by atoms with Crippen molar-refractivity contribution in [2.24, 2.45) is 5.41 Å². The Hall–Kier alpha value is -3.68. The quantitative estimate of drug-likeness (QED) is 0.129. The van der Waals surface area contributed by atoms with Crippen LogP contribution in [0.4, 0.5) is 11.4 Å². The number of carbonyl (C=O) groups is 4. The van der Waals surface area contributed by atoms with Crippen LogP contribution in [0.2, 0.25) is 0 Å². The Morgan fingerprint density at radius 3 is 2.11 bits per heavy atom. The Bertz CT molecular complexity index is 1340.